The van der Waals surface area contributed by atoms with E-state index >= 15 is 0 Å². The molecule has 0 saturated carbocycles. The number of rotatable bonds is 4. The van der Waals surface area contributed by atoms with Gasteiger partial charge in [-0.25, -0.2) is 4.39 Å². The SMILES string of the molecule is FCCNc1ccc(Br)cc1OC(F)(F)F. The summed E-state index contributed by atoms with van der Waals surface area (Å²) < 4.78 is 52.2. The highest BCUT2D eigenvalue weighted by atomic mass is 79.9. The number of nitrogens with one attached hydrogen (secondary N) is 1. The van der Waals surface area contributed by atoms with Gasteiger partial charge in [0.05, 0.1) is 5.69 Å². The number of hydrogen-bond acceptors (Lipinski definition) is 2. The summed E-state index contributed by atoms with van der Waals surface area (Å²) in [5, 5.41) is 2.49. The zero-order chi connectivity index (χ0) is 12.2. The lowest BCUT2D eigenvalue weighted by Crippen LogP contribution is -2.18. The molecule has 0 aromatic heterocycles. The number of anilines is 1. The van der Waals surface area contributed by atoms with Crippen LogP contribution in [0.3, 0.4) is 0 Å². The summed E-state index contributed by atoms with van der Waals surface area (Å²) in [7, 11) is 0. The fourth-order valence-electron chi connectivity index (χ4n) is 1.03. The maximum Gasteiger partial charge on any atom is 0.573 e. The second-order valence-electron chi connectivity index (χ2n) is 2.80. The highest BCUT2D eigenvalue weighted by molar-refractivity contribution is 9.10. The Kier molecular flexibility index (Phi) is 4.40. The first-order valence-corrected chi connectivity index (χ1v) is 5.07. The molecule has 0 heterocycles. The third-order valence-electron chi connectivity index (χ3n) is 1.58. The minimum absolute atomic E-state index is 0.0736. The van der Waals surface area contributed by atoms with Crippen molar-refractivity contribution < 1.29 is 22.3 Å². The van der Waals surface area contributed by atoms with Crippen LogP contribution < -0.4 is 10.1 Å². The monoisotopic (exact) mass is 301 g/mol. The first kappa shape index (κ1) is 13.1. The van der Waals surface area contributed by atoms with Gasteiger partial charge in [-0.05, 0) is 18.2 Å². The molecule has 0 aliphatic heterocycles. The van der Waals surface area contributed by atoms with Gasteiger partial charge in [-0.3, -0.25) is 0 Å². The van der Waals surface area contributed by atoms with E-state index in [0.29, 0.717) is 4.47 Å². The highest BCUT2D eigenvalue weighted by Crippen LogP contribution is 2.32. The van der Waals surface area contributed by atoms with E-state index in [4.69, 9.17) is 0 Å². The van der Waals surface area contributed by atoms with Crippen molar-refractivity contribution in [2.75, 3.05) is 18.5 Å². The Hall–Kier alpha value is -0.980. The maximum absolute atomic E-state index is 12.0. The number of benzene rings is 1. The molecule has 1 aromatic carbocycles. The van der Waals surface area contributed by atoms with Crippen LogP contribution in [0.1, 0.15) is 0 Å². The van der Waals surface area contributed by atoms with Gasteiger partial charge in [0.2, 0.25) is 0 Å². The first-order valence-electron chi connectivity index (χ1n) is 4.27. The molecule has 0 unspecified atom stereocenters. The zero-order valence-corrected chi connectivity index (χ0v) is 9.53. The lowest BCUT2D eigenvalue weighted by molar-refractivity contribution is -0.274. The van der Waals surface area contributed by atoms with Gasteiger partial charge in [-0.1, -0.05) is 15.9 Å². The summed E-state index contributed by atoms with van der Waals surface area (Å²) in [6.45, 7) is -0.753. The fraction of sp³-hybridized carbons (Fsp3) is 0.333. The van der Waals surface area contributed by atoms with E-state index in [-0.39, 0.29) is 12.2 Å². The smallest absolute Gasteiger partial charge is 0.404 e. The molecule has 0 aliphatic carbocycles. The number of alkyl halides is 4. The summed E-state index contributed by atoms with van der Waals surface area (Å²) in [5.41, 5.74) is 0.0955. The summed E-state index contributed by atoms with van der Waals surface area (Å²) >= 11 is 3.02. The number of halogens is 5. The van der Waals surface area contributed by atoms with E-state index in [2.05, 4.69) is 26.0 Å². The van der Waals surface area contributed by atoms with Crippen molar-refractivity contribution in [3.63, 3.8) is 0 Å². The zero-order valence-electron chi connectivity index (χ0n) is 7.94. The number of ether oxygens (including phenoxy) is 1. The second kappa shape index (κ2) is 5.38. The van der Waals surface area contributed by atoms with Gasteiger partial charge >= 0.3 is 6.36 Å². The molecule has 0 amide bonds. The van der Waals surface area contributed by atoms with Gasteiger partial charge in [0, 0.05) is 11.0 Å². The molecule has 1 rings (SSSR count). The maximum atomic E-state index is 12.0. The topological polar surface area (TPSA) is 21.3 Å². The van der Waals surface area contributed by atoms with Crippen LogP contribution in [-0.2, 0) is 0 Å². The van der Waals surface area contributed by atoms with E-state index in [1.54, 1.807) is 0 Å². The van der Waals surface area contributed by atoms with Gasteiger partial charge in [0.1, 0.15) is 6.67 Å². The van der Waals surface area contributed by atoms with Crippen molar-refractivity contribution >= 4 is 21.6 Å². The molecule has 0 fully saturated rings. The predicted molar refractivity (Wildman–Crippen MR) is 55.3 cm³/mol. The minimum Gasteiger partial charge on any atom is -0.404 e. The molecule has 0 aliphatic rings. The minimum atomic E-state index is -4.77. The molecular formula is C9H8BrF4NO. The van der Waals surface area contributed by atoms with E-state index in [0.717, 1.165) is 6.07 Å². The van der Waals surface area contributed by atoms with Crippen LogP contribution in [0.4, 0.5) is 23.2 Å². The van der Waals surface area contributed by atoms with E-state index in [1.807, 2.05) is 0 Å². The van der Waals surface area contributed by atoms with Gasteiger partial charge in [-0.15, -0.1) is 13.2 Å². The van der Waals surface area contributed by atoms with Crippen LogP contribution in [-0.4, -0.2) is 19.6 Å². The first-order chi connectivity index (χ1) is 7.42. The molecule has 90 valence electrons. The molecule has 7 heteroatoms. The molecule has 0 atom stereocenters. The molecule has 0 spiro atoms. The van der Waals surface area contributed by atoms with Crippen LogP contribution in [0.25, 0.3) is 0 Å². The Morgan fingerprint density at radius 3 is 2.56 bits per heavy atom. The molecule has 1 aromatic rings. The average Bonchev–Trinajstić information content (AvgIpc) is 2.14. The van der Waals surface area contributed by atoms with E-state index in [1.165, 1.54) is 12.1 Å². The van der Waals surface area contributed by atoms with Crippen molar-refractivity contribution in [2.24, 2.45) is 0 Å². The third kappa shape index (κ3) is 4.26. The van der Waals surface area contributed by atoms with Gasteiger partial charge in [0.15, 0.2) is 5.75 Å². The summed E-state index contributed by atoms with van der Waals surface area (Å²) in [5.74, 6) is -0.393. The Labute approximate surface area is 97.7 Å². The van der Waals surface area contributed by atoms with Crippen LogP contribution in [0.5, 0.6) is 5.75 Å². The summed E-state index contributed by atoms with van der Waals surface area (Å²) in [4.78, 5) is 0. The van der Waals surface area contributed by atoms with Gasteiger partial charge in [0.25, 0.3) is 0 Å². The van der Waals surface area contributed by atoms with E-state index in [9.17, 15) is 17.6 Å². The van der Waals surface area contributed by atoms with Crippen molar-refractivity contribution in [1.29, 1.82) is 0 Å². The quantitative estimate of drug-likeness (QED) is 0.856. The highest BCUT2D eigenvalue weighted by Gasteiger charge is 2.32. The molecule has 16 heavy (non-hydrogen) atoms. The predicted octanol–water partition coefficient (Wildman–Crippen LogP) is 3.73. The number of hydrogen-bond donors (Lipinski definition) is 1. The lowest BCUT2D eigenvalue weighted by Gasteiger charge is -2.14. The molecule has 0 bridgehead atoms. The third-order valence-corrected chi connectivity index (χ3v) is 2.07. The normalized spacial score (nSPS) is 11.3. The van der Waals surface area contributed by atoms with Crippen LogP contribution in [0, 0.1) is 0 Å². The molecule has 2 nitrogen and oxygen atoms in total. The average molecular weight is 302 g/mol. The van der Waals surface area contributed by atoms with Gasteiger partial charge < -0.3 is 10.1 Å². The Morgan fingerprint density at radius 2 is 2.00 bits per heavy atom. The second-order valence-corrected chi connectivity index (χ2v) is 3.72. The Morgan fingerprint density at radius 1 is 1.31 bits per heavy atom. The molecule has 0 saturated heterocycles. The largest absolute Gasteiger partial charge is 0.573 e. The van der Waals surface area contributed by atoms with Crippen molar-refractivity contribution in [2.45, 2.75) is 6.36 Å². The van der Waals surface area contributed by atoms with Crippen LogP contribution in [0.2, 0.25) is 0 Å². The molecule has 1 N–H and O–H groups in total. The standard InChI is InChI=1S/C9H8BrF4NO/c10-6-1-2-7(15-4-3-11)8(5-6)16-9(12,13)14/h1-2,5,15H,3-4H2. The van der Waals surface area contributed by atoms with Crippen molar-refractivity contribution in [3.8, 4) is 5.75 Å². The molecular weight excluding hydrogens is 294 g/mol. The van der Waals surface area contributed by atoms with Crippen LogP contribution >= 0.6 is 15.9 Å². The van der Waals surface area contributed by atoms with Crippen LogP contribution in [0.15, 0.2) is 22.7 Å². The summed E-state index contributed by atoms with van der Waals surface area (Å²) in [6.07, 6.45) is -4.77. The molecule has 0 radical (unpaired) electrons. The summed E-state index contributed by atoms with van der Waals surface area (Å²) in [6, 6.07) is 4.07. The van der Waals surface area contributed by atoms with E-state index < -0.39 is 18.8 Å². The Balaban J connectivity index is 2.89. The fourth-order valence-corrected chi connectivity index (χ4v) is 1.37. The lowest BCUT2D eigenvalue weighted by atomic mass is 10.3. The van der Waals surface area contributed by atoms with Gasteiger partial charge in [-0.2, -0.15) is 0 Å². The Bertz CT molecular complexity index is 356. The van der Waals surface area contributed by atoms with Crippen molar-refractivity contribution in [3.05, 3.63) is 22.7 Å². The van der Waals surface area contributed by atoms with Crippen molar-refractivity contribution in [1.82, 2.24) is 0 Å².